The average Bonchev–Trinajstić information content (AvgIpc) is 2.58. The Labute approximate surface area is 184 Å². The number of rotatable bonds is 5. The average molecular weight is 511 g/mol. The Bertz CT molecular complexity index is 919. The van der Waals surface area contributed by atoms with Crippen molar-refractivity contribution in [1.29, 1.82) is 0 Å². The van der Waals surface area contributed by atoms with Crippen LogP contribution in [0.5, 0.6) is 5.75 Å². The Balaban J connectivity index is 0.000000568. The highest BCUT2D eigenvalue weighted by Gasteiger charge is 2.18. The Morgan fingerprint density at radius 2 is 1.83 bits per heavy atom. The molecule has 0 unspecified atom stereocenters. The van der Waals surface area contributed by atoms with E-state index in [-0.39, 0.29) is 29.5 Å². The van der Waals surface area contributed by atoms with Crippen molar-refractivity contribution in [2.24, 2.45) is 5.73 Å². The Morgan fingerprint density at radius 3 is 2.31 bits per heavy atom. The van der Waals surface area contributed by atoms with Crippen LogP contribution in [0, 0.1) is 6.92 Å². The van der Waals surface area contributed by atoms with E-state index in [1.54, 1.807) is 31.2 Å². The van der Waals surface area contributed by atoms with Crippen LogP contribution in [0.4, 0.5) is 0 Å². The number of aryl methyl sites for hydroxylation is 1. The molecule has 0 aliphatic heterocycles. The van der Waals surface area contributed by atoms with Gasteiger partial charge in [-0.05, 0) is 38.1 Å². The molecule has 0 bridgehead atoms. The van der Waals surface area contributed by atoms with E-state index >= 15 is 0 Å². The highest BCUT2D eigenvalue weighted by atomic mass is 79.9. The number of hydrogen-bond donors (Lipinski definition) is 3. The molecule has 10 heteroatoms. The largest absolute Gasteiger partial charge is 0.506 e. The molecular formula is C19H25BrClNO6S. The van der Waals surface area contributed by atoms with E-state index in [9.17, 15) is 18.3 Å². The fourth-order valence-corrected chi connectivity index (χ4v) is 3.40. The number of aromatic hydroxyl groups is 1. The molecule has 29 heavy (non-hydrogen) atoms. The predicted octanol–water partition coefficient (Wildman–Crippen LogP) is 4.64. The zero-order chi connectivity index (χ0) is 21.5. The molecule has 162 valence electrons. The topological polar surface area (TPSA) is 127 Å². The number of carbonyl (C=O) groups is 1. The number of hydrogen-bond acceptors (Lipinski definition) is 6. The van der Waals surface area contributed by atoms with Crippen LogP contribution in [0.3, 0.4) is 0 Å². The lowest BCUT2D eigenvalue weighted by molar-refractivity contribution is -0.143. The summed E-state index contributed by atoms with van der Waals surface area (Å²) >= 11 is 9.05. The fourth-order valence-electron chi connectivity index (χ4n) is 2.09. The molecule has 0 spiro atoms. The van der Waals surface area contributed by atoms with Gasteiger partial charge in [0.1, 0.15) is 5.75 Å². The lowest BCUT2D eigenvalue weighted by atomic mass is 10.0. The monoisotopic (exact) mass is 509 g/mol. The second-order valence-electron chi connectivity index (χ2n) is 5.73. The first-order valence-corrected chi connectivity index (χ1v) is 10.7. The van der Waals surface area contributed by atoms with Crippen molar-refractivity contribution in [3.63, 3.8) is 0 Å². The zero-order valence-electron chi connectivity index (χ0n) is 15.2. The van der Waals surface area contributed by atoms with Crippen LogP contribution in [0.25, 0.3) is 0 Å². The molecule has 0 aromatic heterocycles. The van der Waals surface area contributed by atoms with E-state index in [2.05, 4.69) is 15.9 Å². The van der Waals surface area contributed by atoms with E-state index in [1.165, 1.54) is 12.1 Å². The Morgan fingerprint density at radius 1 is 1.28 bits per heavy atom. The van der Waals surface area contributed by atoms with Gasteiger partial charge in [0.05, 0.1) is 22.9 Å². The van der Waals surface area contributed by atoms with E-state index in [0.29, 0.717) is 16.6 Å². The number of phenolic OH excluding ortho intramolecular Hbond substituents is 1. The number of phenols is 1. The Hall–Kier alpha value is -1.65. The highest BCUT2D eigenvalue weighted by molar-refractivity contribution is 9.10. The molecule has 7 nitrogen and oxygen atoms in total. The van der Waals surface area contributed by atoms with E-state index < -0.39 is 22.1 Å². The van der Waals surface area contributed by atoms with Gasteiger partial charge in [0.15, 0.2) is 0 Å². The van der Waals surface area contributed by atoms with Crippen molar-refractivity contribution in [3.05, 3.63) is 57.0 Å². The number of esters is 1. The van der Waals surface area contributed by atoms with E-state index in [0.717, 1.165) is 5.56 Å². The van der Waals surface area contributed by atoms with Gasteiger partial charge in [-0.2, -0.15) is 8.42 Å². The molecule has 2 rings (SSSR count). The quantitative estimate of drug-likeness (QED) is 0.395. The first-order chi connectivity index (χ1) is 13.0. The van der Waals surface area contributed by atoms with Crippen molar-refractivity contribution >= 4 is 43.6 Å². The summed E-state index contributed by atoms with van der Waals surface area (Å²) in [6, 6.07) is 8.52. The third-order valence-corrected chi connectivity index (χ3v) is 5.08. The van der Waals surface area contributed by atoms with Crippen LogP contribution in [0.1, 0.15) is 37.9 Å². The standard InChI is InChI=1S/C11H13BrClNO3.C7H8O3S.CH4/c1-2-17-10(15)5-9(14)7-3-6(12)4-8(13)11(7)16;1-6-2-4-7(5-3-6)11(8,9)10;/h3-4,9,16H,2,5,14H2,1H3;2-5H,1H3,(H,8,9,10);1H4/t9-;;/m0../s1. The molecule has 2 aromatic rings. The van der Waals surface area contributed by atoms with Crippen LogP contribution in [0.15, 0.2) is 45.8 Å². The van der Waals surface area contributed by atoms with Crippen molar-refractivity contribution in [3.8, 4) is 5.75 Å². The maximum Gasteiger partial charge on any atom is 0.307 e. The van der Waals surface area contributed by atoms with Gasteiger partial charge in [-0.1, -0.05) is 52.7 Å². The minimum Gasteiger partial charge on any atom is -0.506 e. The normalized spacial score (nSPS) is 11.5. The third kappa shape index (κ3) is 9.14. The SMILES string of the molecule is C.CCOC(=O)C[C@H](N)c1cc(Br)cc(Cl)c1O.Cc1ccc(S(=O)(=O)O)cc1. The van der Waals surface area contributed by atoms with Gasteiger partial charge in [0.25, 0.3) is 10.1 Å². The molecule has 0 amide bonds. The van der Waals surface area contributed by atoms with E-state index in [4.69, 9.17) is 26.6 Å². The van der Waals surface area contributed by atoms with Crippen LogP contribution >= 0.6 is 27.5 Å². The molecule has 0 fully saturated rings. The number of nitrogens with two attached hydrogens (primary N) is 1. The van der Waals surface area contributed by atoms with Crippen molar-refractivity contribution in [1.82, 2.24) is 0 Å². The molecule has 1 atom stereocenters. The van der Waals surface area contributed by atoms with Crippen LogP contribution in [0.2, 0.25) is 5.02 Å². The van der Waals surface area contributed by atoms with Crippen molar-refractivity contribution in [2.75, 3.05) is 6.61 Å². The molecule has 0 heterocycles. The van der Waals surface area contributed by atoms with Gasteiger partial charge in [-0.3, -0.25) is 9.35 Å². The molecule has 0 saturated heterocycles. The summed E-state index contributed by atoms with van der Waals surface area (Å²) in [5.41, 5.74) is 7.19. The lowest BCUT2D eigenvalue weighted by Crippen LogP contribution is -2.17. The molecule has 0 aliphatic rings. The van der Waals surface area contributed by atoms with Crippen LogP contribution < -0.4 is 5.73 Å². The summed E-state index contributed by atoms with van der Waals surface area (Å²) in [4.78, 5) is 11.2. The summed E-state index contributed by atoms with van der Waals surface area (Å²) in [7, 11) is -4.02. The summed E-state index contributed by atoms with van der Waals surface area (Å²) in [5, 5.41) is 9.94. The van der Waals surface area contributed by atoms with E-state index in [1.807, 2.05) is 6.92 Å². The summed E-state index contributed by atoms with van der Waals surface area (Å²) in [5.74, 6) is -0.512. The van der Waals surface area contributed by atoms with Gasteiger partial charge in [-0.15, -0.1) is 0 Å². The molecular weight excluding hydrogens is 486 g/mol. The second-order valence-corrected chi connectivity index (χ2v) is 8.47. The molecule has 0 saturated carbocycles. The number of halogens is 2. The first kappa shape index (κ1) is 27.4. The van der Waals surface area contributed by atoms with Gasteiger partial charge in [-0.25, -0.2) is 0 Å². The fraction of sp³-hybridized carbons (Fsp3) is 0.316. The number of ether oxygens (including phenoxy) is 1. The smallest absolute Gasteiger partial charge is 0.307 e. The Kier molecular flexibility index (Phi) is 11.4. The number of benzene rings is 2. The van der Waals surface area contributed by atoms with Crippen LogP contribution in [-0.4, -0.2) is 30.7 Å². The molecule has 2 aromatic carbocycles. The van der Waals surface area contributed by atoms with Gasteiger partial charge >= 0.3 is 5.97 Å². The summed E-state index contributed by atoms with van der Waals surface area (Å²) < 4.78 is 35.0. The van der Waals surface area contributed by atoms with Gasteiger partial charge < -0.3 is 15.6 Å². The minimum absolute atomic E-state index is 0. The highest BCUT2D eigenvalue weighted by Crippen LogP contribution is 2.35. The summed E-state index contributed by atoms with van der Waals surface area (Å²) in [6.07, 6.45) is -0.00577. The zero-order valence-corrected chi connectivity index (χ0v) is 18.4. The third-order valence-electron chi connectivity index (χ3n) is 3.47. The number of carbonyl (C=O) groups excluding carboxylic acids is 1. The summed E-state index contributed by atoms with van der Waals surface area (Å²) in [6.45, 7) is 3.86. The van der Waals surface area contributed by atoms with Gasteiger partial charge in [0.2, 0.25) is 0 Å². The van der Waals surface area contributed by atoms with Crippen molar-refractivity contribution < 1.29 is 27.6 Å². The molecule has 0 radical (unpaired) electrons. The molecule has 0 aliphatic carbocycles. The predicted molar refractivity (Wildman–Crippen MR) is 117 cm³/mol. The maximum absolute atomic E-state index is 11.3. The first-order valence-electron chi connectivity index (χ1n) is 8.09. The molecule has 4 N–H and O–H groups in total. The van der Waals surface area contributed by atoms with Crippen molar-refractivity contribution in [2.45, 2.75) is 38.6 Å². The maximum atomic E-state index is 11.3. The lowest BCUT2D eigenvalue weighted by Gasteiger charge is -2.14. The van der Waals surface area contributed by atoms with Gasteiger partial charge in [0, 0.05) is 16.1 Å². The second kappa shape index (κ2) is 12.1. The van der Waals surface area contributed by atoms with Crippen LogP contribution in [-0.2, 0) is 19.6 Å². The minimum atomic E-state index is -4.02.